The van der Waals surface area contributed by atoms with Crippen molar-refractivity contribution >= 4 is 40.4 Å². The zero-order chi connectivity index (χ0) is 34.0. The minimum absolute atomic E-state index is 0.0167. The quantitative estimate of drug-likeness (QED) is 0.134. The molecule has 27 nitrogen and oxygen atoms in total. The van der Waals surface area contributed by atoms with Gasteiger partial charge in [-0.2, -0.15) is 0 Å². The van der Waals surface area contributed by atoms with Crippen LogP contribution in [0.25, 0.3) is 11.2 Å². The van der Waals surface area contributed by atoms with Crippen LogP contribution in [0.5, 0.6) is 0 Å². The van der Waals surface area contributed by atoms with Crippen LogP contribution in [0.4, 0.5) is 5.82 Å². The Labute approximate surface area is 251 Å². The lowest BCUT2D eigenvalue weighted by Crippen LogP contribution is -2.47. The van der Waals surface area contributed by atoms with Crippen LogP contribution in [0.3, 0.4) is 0 Å². The molecule has 5 rings (SSSR count). The number of aromatic nitrogens is 4. The molecule has 0 radical (unpaired) electrons. The normalized spacial score (nSPS) is 30.3. The van der Waals surface area contributed by atoms with Crippen LogP contribution in [-0.4, -0.2) is 71.0 Å². The molecule has 1 spiro atoms. The molecular weight excluding hydrogens is 701 g/mol. The van der Waals surface area contributed by atoms with Crippen molar-refractivity contribution in [3.63, 3.8) is 0 Å². The maximum Gasteiger partial charge on any atom is 0.356 e. The summed E-state index contributed by atoms with van der Waals surface area (Å²) in [4.78, 5) is 88.5. The van der Waals surface area contributed by atoms with Crippen LogP contribution in [0.1, 0.15) is 6.23 Å². The average molecular weight is 714 g/mol. The van der Waals surface area contributed by atoms with Gasteiger partial charge in [-0.05, 0) is 0 Å². The number of hydrogen-bond donors (Lipinski definition) is 1. The van der Waals surface area contributed by atoms with Crippen molar-refractivity contribution in [1.29, 1.82) is 0 Å². The summed E-state index contributed by atoms with van der Waals surface area (Å²) in [5.41, 5.74) is 3.08. The molecule has 0 saturated carbocycles. The number of nitrogens with two attached hydrogens (primary N) is 1. The molecule has 30 heteroatoms. The fourth-order valence-corrected chi connectivity index (χ4v) is 7.56. The summed E-state index contributed by atoms with van der Waals surface area (Å²) in [6, 6.07) is -2.07. The SMILES string of the molecule is Nc1ncnc2c1ncn2[C@@H]1O[C@H](COP(=O)([O-])OP(=O)([O-])OP(=O)([O-])[O-])[C@H]2OC3(O[C@H]21)C([N+](=O)[O-])=CC([N+](=O)[O-])C=C3[N+](=O)[O-]. The van der Waals surface area contributed by atoms with E-state index < -0.39 is 92.6 Å². The van der Waals surface area contributed by atoms with Crippen LogP contribution >= 0.6 is 23.5 Å². The number of fused-ring (bicyclic) bond motifs is 2. The van der Waals surface area contributed by atoms with Gasteiger partial charge in [-0.15, -0.1) is 0 Å². The van der Waals surface area contributed by atoms with Crippen molar-refractivity contribution in [2.75, 3.05) is 12.3 Å². The molecule has 2 saturated heterocycles. The van der Waals surface area contributed by atoms with E-state index in [2.05, 4.69) is 28.1 Å². The third-order valence-corrected chi connectivity index (χ3v) is 9.98. The van der Waals surface area contributed by atoms with Gasteiger partial charge in [0.05, 0.1) is 42.8 Å². The number of rotatable bonds is 11. The Morgan fingerprint density at radius 3 is 2.09 bits per heavy atom. The van der Waals surface area contributed by atoms with Crippen molar-refractivity contribution in [3.05, 3.63) is 66.5 Å². The van der Waals surface area contributed by atoms with Gasteiger partial charge in [-0.25, -0.2) is 19.3 Å². The Hall–Kier alpha value is -3.68. The Morgan fingerprint density at radius 2 is 1.52 bits per heavy atom. The zero-order valence-electron chi connectivity index (χ0n) is 21.7. The Balaban J connectivity index is 1.53. The molecule has 2 unspecified atom stereocenters. The summed E-state index contributed by atoms with van der Waals surface area (Å²) >= 11 is 0. The van der Waals surface area contributed by atoms with Crippen molar-refractivity contribution in [2.45, 2.75) is 36.4 Å². The van der Waals surface area contributed by atoms with Crippen molar-refractivity contribution in [1.82, 2.24) is 19.5 Å². The maximum atomic E-state index is 12.2. The van der Waals surface area contributed by atoms with E-state index >= 15 is 0 Å². The van der Waals surface area contributed by atoms with E-state index in [1.54, 1.807) is 0 Å². The number of nitrogen functional groups attached to an aromatic ring is 1. The number of anilines is 1. The van der Waals surface area contributed by atoms with Gasteiger partial charge >= 0.3 is 17.2 Å². The Morgan fingerprint density at radius 1 is 0.913 bits per heavy atom. The molecule has 1 aliphatic carbocycles. The molecule has 2 fully saturated rings. The van der Waals surface area contributed by atoms with E-state index in [9.17, 15) is 63.6 Å². The molecule has 46 heavy (non-hydrogen) atoms. The molecular formula is C16H13N8O19P3-4. The summed E-state index contributed by atoms with van der Waals surface area (Å²) in [5, 5.41) is 35.5. The van der Waals surface area contributed by atoms with Crippen LogP contribution < -0.4 is 25.3 Å². The number of nitro groups is 3. The molecule has 2 aromatic rings. The number of ether oxygens (including phenoxy) is 3. The van der Waals surface area contributed by atoms with Crippen molar-refractivity contribution in [3.8, 4) is 0 Å². The summed E-state index contributed by atoms with van der Waals surface area (Å²) in [6.07, 6.45) is -4.06. The van der Waals surface area contributed by atoms with Crippen LogP contribution in [0, 0.1) is 30.3 Å². The van der Waals surface area contributed by atoms with Crippen LogP contribution in [0.15, 0.2) is 36.2 Å². The number of imidazole rings is 1. The maximum absolute atomic E-state index is 12.2. The Bertz CT molecular complexity index is 1810. The van der Waals surface area contributed by atoms with Crippen LogP contribution in [-0.2, 0) is 41.1 Å². The lowest BCUT2D eigenvalue weighted by molar-refractivity contribution is -0.522. The molecule has 0 bridgehead atoms. The van der Waals surface area contributed by atoms with E-state index in [-0.39, 0.29) is 17.0 Å². The number of phosphoric ester groups is 1. The van der Waals surface area contributed by atoms with Gasteiger partial charge in [0.25, 0.3) is 21.7 Å². The van der Waals surface area contributed by atoms with Gasteiger partial charge < -0.3 is 48.6 Å². The highest BCUT2D eigenvalue weighted by molar-refractivity contribution is 7.64. The smallest absolute Gasteiger partial charge is 0.356 e. The average Bonchev–Trinajstić information content (AvgIpc) is 3.58. The van der Waals surface area contributed by atoms with E-state index in [0.29, 0.717) is 12.2 Å². The molecule has 0 amide bonds. The Kier molecular flexibility index (Phi) is 8.44. The molecule has 4 heterocycles. The molecule has 2 aliphatic heterocycles. The minimum Gasteiger partial charge on any atom is -0.790 e. The predicted octanol–water partition coefficient (Wildman–Crippen LogP) is -3.42. The van der Waals surface area contributed by atoms with Gasteiger partial charge in [-0.1, -0.05) is 0 Å². The van der Waals surface area contributed by atoms with E-state index in [1.165, 1.54) is 0 Å². The second-order valence-corrected chi connectivity index (χ2v) is 13.4. The second-order valence-electron chi connectivity index (χ2n) is 9.12. The molecule has 250 valence electrons. The van der Waals surface area contributed by atoms with Gasteiger partial charge in [0.2, 0.25) is 0 Å². The summed E-state index contributed by atoms with van der Waals surface area (Å²) < 4.78 is 63.5. The molecule has 0 aromatic carbocycles. The number of phosphoric acid groups is 3. The second kappa shape index (κ2) is 11.5. The molecule has 6 atom stereocenters. The van der Waals surface area contributed by atoms with Crippen LogP contribution in [0.2, 0.25) is 0 Å². The lowest BCUT2D eigenvalue weighted by atomic mass is 9.99. The molecule has 2 N–H and O–H groups in total. The van der Waals surface area contributed by atoms with Crippen molar-refractivity contribution in [2.24, 2.45) is 0 Å². The molecule has 3 aliphatic rings. The highest BCUT2D eigenvalue weighted by atomic mass is 31.3. The fourth-order valence-electron chi connectivity index (χ4n) is 4.70. The van der Waals surface area contributed by atoms with Gasteiger partial charge in [-0.3, -0.25) is 48.4 Å². The first-order valence-electron chi connectivity index (χ1n) is 11.8. The summed E-state index contributed by atoms with van der Waals surface area (Å²) in [6.45, 7) is -1.32. The monoisotopic (exact) mass is 714 g/mol. The van der Waals surface area contributed by atoms with Gasteiger partial charge in [0, 0.05) is 4.92 Å². The zero-order valence-corrected chi connectivity index (χ0v) is 24.4. The fraction of sp³-hybridized carbons (Fsp3) is 0.438. The summed E-state index contributed by atoms with van der Waals surface area (Å²) in [5.74, 6) is -3.21. The largest absolute Gasteiger partial charge is 0.790 e. The number of nitrogens with zero attached hydrogens (tertiary/aromatic N) is 7. The first-order valence-corrected chi connectivity index (χ1v) is 16.1. The van der Waals surface area contributed by atoms with Gasteiger partial charge in [0.1, 0.15) is 30.2 Å². The standard InChI is InChI=1S/C16H17N8O19P3/c17-13-10-14(19-4-18-13)21(5-20-10)15-12-11(7(39-15)3-38-45(34,35)43-46(36,37)42-44(31,32)33)40-16(41-12)8(23(27)28)1-6(22(25)26)2-9(16)24(29)30/h1-2,4-7,11-12,15H,3H2,(H,34,35)(H,36,37)(H2,17,18,19)(H2,31,32,33)/p-4/t6?,7-,11-,12-,15-,16?/m1/s1. The number of hydrogen-bond acceptors (Lipinski definition) is 23. The van der Waals surface area contributed by atoms with E-state index in [4.69, 9.17) is 19.9 Å². The summed E-state index contributed by atoms with van der Waals surface area (Å²) in [7, 11) is -18.8. The lowest BCUT2D eigenvalue weighted by Gasteiger charge is -2.37. The first kappa shape index (κ1) is 33.7. The van der Waals surface area contributed by atoms with E-state index in [1.807, 2.05) is 0 Å². The highest BCUT2D eigenvalue weighted by Gasteiger charge is 2.71. The third kappa shape index (κ3) is 6.32. The predicted molar refractivity (Wildman–Crippen MR) is 128 cm³/mol. The first-order chi connectivity index (χ1) is 21.2. The van der Waals surface area contributed by atoms with E-state index in [0.717, 1.165) is 17.2 Å². The topological polar surface area (TPSA) is 398 Å². The molecule has 2 aromatic heterocycles. The van der Waals surface area contributed by atoms with Gasteiger partial charge in [0.15, 0.2) is 17.7 Å². The van der Waals surface area contributed by atoms with Crippen molar-refractivity contribution < 1.29 is 75.4 Å². The third-order valence-electron chi connectivity index (χ3n) is 6.32. The minimum atomic E-state index is -6.38. The highest BCUT2D eigenvalue weighted by Crippen LogP contribution is 2.61.